The van der Waals surface area contributed by atoms with Crippen LogP contribution in [-0.4, -0.2) is 22.0 Å². The number of carbonyl (C=O) groups excluding carboxylic acids is 1. The van der Waals surface area contributed by atoms with Crippen LogP contribution in [0, 0.1) is 12.8 Å². The van der Waals surface area contributed by atoms with Crippen molar-refractivity contribution in [3.63, 3.8) is 0 Å². The van der Waals surface area contributed by atoms with Crippen molar-refractivity contribution in [2.45, 2.75) is 19.8 Å². The first-order valence-corrected chi connectivity index (χ1v) is 7.95. The number of aryl methyl sites for hydroxylation is 1. The summed E-state index contributed by atoms with van der Waals surface area (Å²) >= 11 is 0. The van der Waals surface area contributed by atoms with Crippen molar-refractivity contribution < 1.29 is 19.1 Å². The summed E-state index contributed by atoms with van der Waals surface area (Å²) in [7, 11) is 0. The van der Waals surface area contributed by atoms with Gasteiger partial charge in [-0.15, -0.1) is 0 Å². The smallest absolute Gasteiger partial charge is 0.307 e. The summed E-state index contributed by atoms with van der Waals surface area (Å²) in [6.07, 6.45) is 0.210. The number of nitrogens with one attached hydrogen (secondary N) is 1. The number of nitrogens with zero attached hydrogens (tertiary/aromatic N) is 1. The lowest BCUT2D eigenvalue weighted by atomic mass is 9.96. The highest BCUT2D eigenvalue weighted by molar-refractivity contribution is 5.94. The average Bonchev–Trinajstić information content (AvgIpc) is 2.94. The van der Waals surface area contributed by atoms with E-state index < -0.39 is 11.9 Å². The van der Waals surface area contributed by atoms with Crippen LogP contribution in [-0.2, 0) is 16.0 Å². The van der Waals surface area contributed by atoms with E-state index in [1.165, 1.54) is 0 Å². The van der Waals surface area contributed by atoms with Crippen LogP contribution >= 0.6 is 0 Å². The highest BCUT2D eigenvalue weighted by atomic mass is 16.4. The molecule has 1 unspecified atom stereocenters. The van der Waals surface area contributed by atoms with Crippen LogP contribution in [0.2, 0.25) is 0 Å². The van der Waals surface area contributed by atoms with Crippen LogP contribution < -0.4 is 5.32 Å². The molecule has 3 rings (SSSR count). The topological polar surface area (TPSA) is 92.4 Å². The maximum atomic E-state index is 12.2. The monoisotopic (exact) mass is 338 g/mol. The second kappa shape index (κ2) is 7.17. The number of fused-ring (bicyclic) bond motifs is 1. The van der Waals surface area contributed by atoms with Gasteiger partial charge in [-0.1, -0.05) is 30.3 Å². The summed E-state index contributed by atoms with van der Waals surface area (Å²) in [6, 6.07) is 14.4. The molecule has 3 aromatic rings. The molecule has 0 spiro atoms. The van der Waals surface area contributed by atoms with E-state index in [9.17, 15) is 14.7 Å². The van der Waals surface area contributed by atoms with Gasteiger partial charge in [0.25, 0.3) is 0 Å². The molecule has 0 aliphatic carbocycles. The Labute approximate surface area is 144 Å². The van der Waals surface area contributed by atoms with Crippen molar-refractivity contribution in [3.8, 4) is 0 Å². The van der Waals surface area contributed by atoms with E-state index in [0.29, 0.717) is 29.1 Å². The number of rotatable bonds is 6. The number of carboxylic acids is 1. The largest absolute Gasteiger partial charge is 0.481 e. The van der Waals surface area contributed by atoms with Crippen LogP contribution in [0.1, 0.15) is 17.9 Å². The second-order valence-corrected chi connectivity index (χ2v) is 5.89. The minimum absolute atomic E-state index is 0.0995. The number of carboxylic acid groups (broad SMARTS) is 1. The van der Waals surface area contributed by atoms with Gasteiger partial charge >= 0.3 is 5.97 Å². The minimum Gasteiger partial charge on any atom is -0.481 e. The summed E-state index contributed by atoms with van der Waals surface area (Å²) in [4.78, 5) is 27.9. The third-order valence-electron chi connectivity index (χ3n) is 3.89. The molecule has 128 valence electrons. The Hall–Kier alpha value is -3.15. The summed E-state index contributed by atoms with van der Waals surface area (Å²) < 4.78 is 5.43. The van der Waals surface area contributed by atoms with Gasteiger partial charge in [-0.25, -0.2) is 4.98 Å². The lowest BCUT2D eigenvalue weighted by molar-refractivity contribution is -0.143. The number of aromatic nitrogens is 1. The van der Waals surface area contributed by atoms with E-state index in [0.717, 1.165) is 5.56 Å². The zero-order valence-electron chi connectivity index (χ0n) is 13.7. The van der Waals surface area contributed by atoms with E-state index in [1.807, 2.05) is 30.3 Å². The number of aliphatic carboxylic acids is 1. The van der Waals surface area contributed by atoms with E-state index in [2.05, 4.69) is 10.3 Å². The molecule has 0 bridgehead atoms. The van der Waals surface area contributed by atoms with Gasteiger partial charge in [0, 0.05) is 25.1 Å². The Bertz CT molecular complexity index is 902. The van der Waals surface area contributed by atoms with Gasteiger partial charge in [-0.2, -0.15) is 0 Å². The van der Waals surface area contributed by atoms with Crippen molar-refractivity contribution in [2.24, 2.45) is 5.92 Å². The maximum Gasteiger partial charge on any atom is 0.307 e. The number of benzene rings is 2. The van der Waals surface area contributed by atoms with Crippen molar-refractivity contribution in [1.82, 2.24) is 4.98 Å². The molecule has 0 saturated heterocycles. The number of hydrogen-bond acceptors (Lipinski definition) is 4. The normalized spacial score (nSPS) is 12.0. The summed E-state index contributed by atoms with van der Waals surface area (Å²) in [5, 5.41) is 12.1. The van der Waals surface area contributed by atoms with Gasteiger partial charge in [0.1, 0.15) is 5.52 Å². The molecule has 0 aliphatic rings. The second-order valence-electron chi connectivity index (χ2n) is 5.89. The Morgan fingerprint density at radius 1 is 1.20 bits per heavy atom. The third-order valence-corrected chi connectivity index (χ3v) is 3.89. The van der Waals surface area contributed by atoms with E-state index in [4.69, 9.17) is 4.42 Å². The molecule has 0 radical (unpaired) electrons. The molecule has 1 aromatic heterocycles. The maximum absolute atomic E-state index is 12.2. The molecule has 0 fully saturated rings. The van der Waals surface area contributed by atoms with Gasteiger partial charge < -0.3 is 14.8 Å². The predicted molar refractivity (Wildman–Crippen MR) is 93.3 cm³/mol. The summed E-state index contributed by atoms with van der Waals surface area (Å²) in [5.41, 5.74) is 2.73. The first-order valence-electron chi connectivity index (χ1n) is 7.95. The third kappa shape index (κ3) is 4.23. The van der Waals surface area contributed by atoms with E-state index in [1.54, 1.807) is 25.1 Å². The lowest BCUT2D eigenvalue weighted by Crippen LogP contribution is -2.24. The van der Waals surface area contributed by atoms with Crippen LogP contribution in [0.25, 0.3) is 11.1 Å². The van der Waals surface area contributed by atoms with Gasteiger partial charge in [0.15, 0.2) is 11.5 Å². The molecule has 0 aliphatic heterocycles. The zero-order valence-corrected chi connectivity index (χ0v) is 13.7. The lowest BCUT2D eigenvalue weighted by Gasteiger charge is -2.12. The zero-order chi connectivity index (χ0) is 17.8. The number of anilines is 1. The van der Waals surface area contributed by atoms with Gasteiger partial charge in [-0.05, 0) is 24.1 Å². The average molecular weight is 338 g/mol. The molecule has 1 amide bonds. The van der Waals surface area contributed by atoms with E-state index >= 15 is 0 Å². The van der Waals surface area contributed by atoms with Gasteiger partial charge in [0.2, 0.25) is 5.91 Å². The highest BCUT2D eigenvalue weighted by Gasteiger charge is 2.22. The number of carbonyl (C=O) groups is 2. The molecule has 0 saturated carbocycles. The predicted octanol–water partition coefficient (Wildman–Crippen LogP) is 3.41. The molecule has 2 N–H and O–H groups in total. The minimum atomic E-state index is -0.986. The molecular weight excluding hydrogens is 320 g/mol. The van der Waals surface area contributed by atoms with Crippen molar-refractivity contribution >= 4 is 28.7 Å². The number of amides is 1. The molecule has 6 heteroatoms. The van der Waals surface area contributed by atoms with Crippen LogP contribution in [0.3, 0.4) is 0 Å². The molecular formula is C19H18N2O4. The quantitative estimate of drug-likeness (QED) is 0.718. The standard InChI is InChI=1S/C19H18N2O4/c1-12-20-16-8-7-15(11-17(16)25-12)21-18(22)10-14(19(23)24)9-13-5-3-2-4-6-13/h2-8,11,14H,9-10H2,1H3,(H,21,22)(H,23,24). The fourth-order valence-corrected chi connectivity index (χ4v) is 2.70. The van der Waals surface area contributed by atoms with Crippen molar-refractivity contribution in [2.75, 3.05) is 5.32 Å². The highest BCUT2D eigenvalue weighted by Crippen LogP contribution is 2.21. The first kappa shape index (κ1) is 16.7. The Kier molecular flexibility index (Phi) is 4.79. The SMILES string of the molecule is Cc1nc2ccc(NC(=O)CC(Cc3ccccc3)C(=O)O)cc2o1. The number of hydrogen-bond donors (Lipinski definition) is 2. The first-order chi connectivity index (χ1) is 12.0. The van der Waals surface area contributed by atoms with Gasteiger partial charge in [0.05, 0.1) is 5.92 Å². The van der Waals surface area contributed by atoms with Crippen LogP contribution in [0.4, 0.5) is 5.69 Å². The molecule has 2 aromatic carbocycles. The molecule has 6 nitrogen and oxygen atoms in total. The fraction of sp³-hybridized carbons (Fsp3) is 0.211. The Balaban J connectivity index is 1.67. The fourth-order valence-electron chi connectivity index (χ4n) is 2.70. The molecule has 25 heavy (non-hydrogen) atoms. The molecule has 1 atom stereocenters. The van der Waals surface area contributed by atoms with Gasteiger partial charge in [-0.3, -0.25) is 9.59 Å². The summed E-state index contributed by atoms with van der Waals surface area (Å²) in [6.45, 7) is 1.75. The summed E-state index contributed by atoms with van der Waals surface area (Å²) in [5.74, 6) is -1.56. The Morgan fingerprint density at radius 2 is 1.96 bits per heavy atom. The number of oxazole rings is 1. The molecule has 1 heterocycles. The Morgan fingerprint density at radius 3 is 2.68 bits per heavy atom. The van der Waals surface area contributed by atoms with E-state index in [-0.39, 0.29) is 12.3 Å². The van der Waals surface area contributed by atoms with Crippen LogP contribution in [0.5, 0.6) is 0 Å². The van der Waals surface area contributed by atoms with Crippen LogP contribution in [0.15, 0.2) is 52.9 Å². The van der Waals surface area contributed by atoms with Crippen molar-refractivity contribution in [3.05, 3.63) is 60.0 Å². The van der Waals surface area contributed by atoms with Crippen molar-refractivity contribution in [1.29, 1.82) is 0 Å².